The van der Waals surface area contributed by atoms with Gasteiger partial charge in [-0.1, -0.05) is 160 Å². The quantitative estimate of drug-likeness (QED) is 0.0624. The van der Waals surface area contributed by atoms with E-state index in [1.54, 1.807) is 6.92 Å². The van der Waals surface area contributed by atoms with Crippen LogP contribution in [0.2, 0.25) is 0 Å². The van der Waals surface area contributed by atoms with Gasteiger partial charge in [0.1, 0.15) is 5.78 Å². The summed E-state index contributed by atoms with van der Waals surface area (Å²) in [6.45, 7) is 3.99. The van der Waals surface area contributed by atoms with Crippen molar-refractivity contribution in [2.75, 3.05) is 0 Å². The lowest BCUT2D eigenvalue weighted by Gasteiger charge is -2.03. The highest BCUT2D eigenvalue weighted by molar-refractivity contribution is 5.75. The molecule has 0 aromatic rings. The first-order chi connectivity index (χ1) is 18.8. The fourth-order valence-corrected chi connectivity index (χ4v) is 5.33. The van der Waals surface area contributed by atoms with Gasteiger partial charge in [-0.05, 0) is 64.7 Å². The van der Waals surface area contributed by atoms with Crippen molar-refractivity contribution in [3.8, 4) is 0 Å². The van der Waals surface area contributed by atoms with Gasteiger partial charge in [-0.15, -0.1) is 0 Å². The number of allylic oxidation sites excluding steroid dienone is 4. The smallest absolute Gasteiger partial charge is 0.129 e. The molecule has 0 rings (SSSR count). The molecule has 0 radical (unpaired) electrons. The van der Waals surface area contributed by atoms with Crippen LogP contribution >= 0.6 is 0 Å². The van der Waals surface area contributed by atoms with Crippen LogP contribution in [0.5, 0.6) is 0 Å². The van der Waals surface area contributed by atoms with E-state index in [1.807, 2.05) is 0 Å². The van der Waals surface area contributed by atoms with Crippen molar-refractivity contribution in [2.45, 2.75) is 206 Å². The van der Waals surface area contributed by atoms with Crippen molar-refractivity contribution in [1.82, 2.24) is 0 Å². The summed E-state index contributed by atoms with van der Waals surface area (Å²) < 4.78 is 0. The number of hydrogen-bond acceptors (Lipinski definition) is 1. The van der Waals surface area contributed by atoms with E-state index in [1.165, 1.54) is 180 Å². The second-order valence-electron chi connectivity index (χ2n) is 12.0. The van der Waals surface area contributed by atoms with E-state index in [4.69, 9.17) is 0 Å². The first kappa shape index (κ1) is 37.1. The van der Waals surface area contributed by atoms with Crippen molar-refractivity contribution < 1.29 is 4.79 Å². The van der Waals surface area contributed by atoms with Gasteiger partial charge < -0.3 is 4.79 Å². The number of rotatable bonds is 32. The lowest BCUT2D eigenvalue weighted by Crippen LogP contribution is -1.88. The minimum absolute atomic E-state index is 0.333. The minimum Gasteiger partial charge on any atom is -0.300 e. The van der Waals surface area contributed by atoms with E-state index in [-0.39, 0.29) is 0 Å². The molecular formula is C37H70O. The summed E-state index contributed by atoms with van der Waals surface area (Å²) in [6.07, 6.45) is 50.4. The number of Topliss-reactive ketones (excluding diaryl/α,β-unsaturated/α-hetero) is 1. The van der Waals surface area contributed by atoms with Crippen molar-refractivity contribution in [3.63, 3.8) is 0 Å². The molecule has 0 aliphatic carbocycles. The van der Waals surface area contributed by atoms with Crippen LogP contribution in [0.3, 0.4) is 0 Å². The van der Waals surface area contributed by atoms with Crippen LogP contribution in [0.15, 0.2) is 24.3 Å². The Bertz CT molecular complexity index is 503. The Morgan fingerprint density at radius 3 is 0.868 bits per heavy atom. The number of carbonyl (C=O) groups excluding carboxylic acids is 1. The minimum atomic E-state index is 0.333. The normalized spacial score (nSPS) is 11.8. The number of unbranched alkanes of at least 4 members (excludes halogenated alkanes) is 26. The summed E-state index contributed by atoms with van der Waals surface area (Å²) in [6, 6.07) is 0. The van der Waals surface area contributed by atoms with E-state index in [0.29, 0.717) is 5.78 Å². The molecule has 38 heavy (non-hydrogen) atoms. The molecule has 0 saturated carbocycles. The number of hydrogen-bond donors (Lipinski definition) is 0. The van der Waals surface area contributed by atoms with Crippen molar-refractivity contribution in [2.24, 2.45) is 0 Å². The van der Waals surface area contributed by atoms with Crippen LogP contribution in [0.4, 0.5) is 0 Å². The Morgan fingerprint density at radius 2 is 0.605 bits per heavy atom. The highest BCUT2D eigenvalue weighted by atomic mass is 16.1. The van der Waals surface area contributed by atoms with E-state index >= 15 is 0 Å². The van der Waals surface area contributed by atoms with Crippen LogP contribution in [-0.4, -0.2) is 5.78 Å². The maximum absolute atomic E-state index is 10.9. The summed E-state index contributed by atoms with van der Waals surface area (Å²) in [7, 11) is 0. The molecule has 0 heterocycles. The van der Waals surface area contributed by atoms with Crippen LogP contribution in [0, 0.1) is 0 Å². The van der Waals surface area contributed by atoms with Gasteiger partial charge in [-0.3, -0.25) is 0 Å². The molecule has 0 aromatic heterocycles. The fourth-order valence-electron chi connectivity index (χ4n) is 5.33. The predicted octanol–water partition coefficient (Wildman–Crippen LogP) is 13.4. The summed E-state index contributed by atoms with van der Waals surface area (Å²) in [5.74, 6) is 0.333. The topological polar surface area (TPSA) is 17.1 Å². The zero-order valence-corrected chi connectivity index (χ0v) is 26.4. The average molecular weight is 531 g/mol. The third-order valence-electron chi connectivity index (χ3n) is 7.95. The van der Waals surface area contributed by atoms with E-state index in [9.17, 15) is 4.79 Å². The third kappa shape index (κ3) is 35.2. The molecule has 224 valence electrons. The summed E-state index contributed by atoms with van der Waals surface area (Å²) in [5.41, 5.74) is 0. The van der Waals surface area contributed by atoms with Gasteiger partial charge >= 0.3 is 0 Å². The molecule has 0 saturated heterocycles. The van der Waals surface area contributed by atoms with Gasteiger partial charge in [-0.2, -0.15) is 0 Å². The van der Waals surface area contributed by atoms with Gasteiger partial charge in [0.2, 0.25) is 0 Å². The van der Waals surface area contributed by atoms with Crippen LogP contribution in [0.1, 0.15) is 206 Å². The van der Waals surface area contributed by atoms with Gasteiger partial charge in [0.15, 0.2) is 0 Å². The highest BCUT2D eigenvalue weighted by Crippen LogP contribution is 2.15. The number of ketones is 1. The SMILES string of the molecule is CCCCCCCCC=CCCCCCCCCCCCCCCCCCCC=CCCCCCC(C)=O. The summed E-state index contributed by atoms with van der Waals surface area (Å²) >= 11 is 0. The zero-order valence-electron chi connectivity index (χ0n) is 26.4. The zero-order chi connectivity index (χ0) is 27.6. The molecule has 0 aliphatic heterocycles. The molecule has 0 fully saturated rings. The lowest BCUT2D eigenvalue weighted by molar-refractivity contribution is -0.117. The molecule has 0 amide bonds. The third-order valence-corrected chi connectivity index (χ3v) is 7.95. The second-order valence-corrected chi connectivity index (χ2v) is 12.0. The van der Waals surface area contributed by atoms with Gasteiger partial charge in [0.25, 0.3) is 0 Å². The van der Waals surface area contributed by atoms with E-state index in [0.717, 1.165) is 12.8 Å². The average Bonchev–Trinajstić information content (AvgIpc) is 2.91. The van der Waals surface area contributed by atoms with E-state index in [2.05, 4.69) is 31.2 Å². The summed E-state index contributed by atoms with van der Waals surface area (Å²) in [4.78, 5) is 10.9. The molecule has 0 spiro atoms. The Hall–Kier alpha value is -0.850. The largest absolute Gasteiger partial charge is 0.300 e. The van der Waals surface area contributed by atoms with Gasteiger partial charge in [-0.25, -0.2) is 0 Å². The highest BCUT2D eigenvalue weighted by Gasteiger charge is 1.96. The Morgan fingerprint density at radius 1 is 0.368 bits per heavy atom. The predicted molar refractivity (Wildman–Crippen MR) is 173 cm³/mol. The first-order valence-electron chi connectivity index (χ1n) is 17.6. The Balaban J connectivity index is 3.11. The molecule has 0 atom stereocenters. The molecule has 0 aliphatic rings. The molecule has 0 unspecified atom stereocenters. The lowest BCUT2D eigenvalue weighted by atomic mass is 10.0. The molecule has 0 bridgehead atoms. The first-order valence-corrected chi connectivity index (χ1v) is 17.6. The van der Waals surface area contributed by atoms with E-state index < -0.39 is 0 Å². The maximum Gasteiger partial charge on any atom is 0.129 e. The maximum atomic E-state index is 10.9. The Labute approximate surface area is 241 Å². The van der Waals surface area contributed by atoms with Crippen LogP contribution < -0.4 is 0 Å². The van der Waals surface area contributed by atoms with Crippen LogP contribution in [-0.2, 0) is 4.79 Å². The monoisotopic (exact) mass is 531 g/mol. The van der Waals surface area contributed by atoms with Crippen molar-refractivity contribution >= 4 is 5.78 Å². The van der Waals surface area contributed by atoms with Crippen molar-refractivity contribution in [3.05, 3.63) is 24.3 Å². The number of carbonyl (C=O) groups is 1. The fraction of sp³-hybridized carbons (Fsp3) is 0.865. The standard InChI is InChI=1S/C37H70O/c1-3-4-5-6-7-8-9-10-11-12-13-14-15-16-17-18-19-20-21-22-23-24-25-26-27-28-29-30-31-32-33-34-35-36-37(2)38/h10-11,30-31H,3-9,12-29,32-36H2,1-2H3. The van der Waals surface area contributed by atoms with Gasteiger partial charge in [0, 0.05) is 6.42 Å². The van der Waals surface area contributed by atoms with Crippen LogP contribution in [0.25, 0.3) is 0 Å². The van der Waals surface area contributed by atoms with Gasteiger partial charge in [0.05, 0.1) is 0 Å². The summed E-state index contributed by atoms with van der Waals surface area (Å²) in [5, 5.41) is 0. The molecule has 1 heteroatoms. The van der Waals surface area contributed by atoms with Crippen molar-refractivity contribution in [1.29, 1.82) is 0 Å². The second kappa shape index (κ2) is 34.2. The molecule has 1 nitrogen and oxygen atoms in total. The molecule has 0 aromatic carbocycles. The molecule has 0 N–H and O–H groups in total. The Kier molecular flexibility index (Phi) is 33.4. The molecular weight excluding hydrogens is 460 g/mol.